The van der Waals surface area contributed by atoms with Crippen LogP contribution in [0.4, 0.5) is 0 Å². The van der Waals surface area contributed by atoms with Gasteiger partial charge in [-0.3, -0.25) is 0 Å². The summed E-state index contributed by atoms with van der Waals surface area (Å²) in [4.78, 5) is 15.7. The van der Waals surface area contributed by atoms with Crippen molar-refractivity contribution in [2.75, 3.05) is 0 Å². The molecule has 256 valence electrons. The van der Waals surface area contributed by atoms with Crippen LogP contribution in [-0.4, -0.2) is 15.0 Å². The smallest absolute Gasteiger partial charge is 0.164 e. The molecule has 2 heterocycles. The first-order chi connectivity index (χ1) is 27.3. The van der Waals surface area contributed by atoms with E-state index in [2.05, 4.69) is 152 Å². The Morgan fingerprint density at radius 1 is 0.291 bits per heavy atom. The summed E-state index contributed by atoms with van der Waals surface area (Å²) in [5, 5.41) is 9.12. The van der Waals surface area contributed by atoms with Gasteiger partial charge in [-0.05, 0) is 67.2 Å². The molecule has 11 rings (SSSR count). The fraction of sp³-hybridized carbons (Fsp3) is 0. The first-order valence-electron chi connectivity index (χ1n) is 18.5. The highest BCUT2D eigenvalue weighted by atomic mass is 16.3. The number of para-hydroxylation sites is 1. The molecule has 0 saturated carbocycles. The molecule has 0 N–H and O–H groups in total. The first kappa shape index (κ1) is 31.1. The van der Waals surface area contributed by atoms with Crippen LogP contribution >= 0.6 is 0 Å². The maximum Gasteiger partial charge on any atom is 0.164 e. The Balaban J connectivity index is 1.18. The number of rotatable bonds is 5. The number of hydrogen-bond acceptors (Lipinski definition) is 4. The minimum atomic E-state index is 0.589. The lowest BCUT2D eigenvalue weighted by molar-refractivity contribution is 0.670. The zero-order valence-corrected chi connectivity index (χ0v) is 29.6. The van der Waals surface area contributed by atoms with Gasteiger partial charge >= 0.3 is 0 Å². The standard InChI is InChI=1S/C51H31N3O/c1-3-14-32(15-4-1)36-19-9-10-21-38(36)41-30-31-44(47-43-22-11-12-25-45(43)55-48(41)47)51-53-49(35-17-5-2-6-18-35)52-50(54-51)42-24-13-23-40-39(42)29-28-34-27-26-33-16-7-8-20-37(33)46(34)40/h1-31H. The Bertz CT molecular complexity index is 3260. The van der Waals surface area contributed by atoms with Crippen molar-refractivity contribution in [3.8, 4) is 56.4 Å². The van der Waals surface area contributed by atoms with Gasteiger partial charge in [-0.25, -0.2) is 15.0 Å². The summed E-state index contributed by atoms with van der Waals surface area (Å²) in [6.07, 6.45) is 0. The van der Waals surface area contributed by atoms with Gasteiger partial charge in [-0.2, -0.15) is 0 Å². The summed E-state index contributed by atoms with van der Waals surface area (Å²) in [7, 11) is 0. The molecule has 0 spiro atoms. The number of aromatic nitrogens is 3. The number of nitrogens with zero attached hydrogens (tertiary/aromatic N) is 3. The van der Waals surface area contributed by atoms with Gasteiger partial charge < -0.3 is 4.42 Å². The first-order valence-corrected chi connectivity index (χ1v) is 18.5. The third kappa shape index (κ3) is 5.11. The second kappa shape index (κ2) is 12.6. The minimum absolute atomic E-state index is 0.589. The summed E-state index contributed by atoms with van der Waals surface area (Å²) in [5.41, 5.74) is 8.78. The van der Waals surface area contributed by atoms with Gasteiger partial charge in [0.25, 0.3) is 0 Å². The molecule has 0 aliphatic carbocycles. The van der Waals surface area contributed by atoms with Crippen LogP contribution in [0.15, 0.2) is 192 Å². The van der Waals surface area contributed by atoms with Crippen LogP contribution in [-0.2, 0) is 0 Å². The highest BCUT2D eigenvalue weighted by Gasteiger charge is 2.22. The monoisotopic (exact) mass is 701 g/mol. The topological polar surface area (TPSA) is 51.8 Å². The van der Waals surface area contributed by atoms with E-state index in [9.17, 15) is 0 Å². The van der Waals surface area contributed by atoms with Gasteiger partial charge in [0.1, 0.15) is 11.2 Å². The van der Waals surface area contributed by atoms with E-state index >= 15 is 0 Å². The van der Waals surface area contributed by atoms with Crippen LogP contribution in [0.2, 0.25) is 0 Å². The van der Waals surface area contributed by atoms with Crippen molar-refractivity contribution in [1.82, 2.24) is 15.0 Å². The van der Waals surface area contributed by atoms with Gasteiger partial charge in [-0.15, -0.1) is 0 Å². The molecule has 0 fully saturated rings. The molecular formula is C51H31N3O. The largest absolute Gasteiger partial charge is 0.455 e. The Hall–Kier alpha value is -7.43. The Morgan fingerprint density at radius 2 is 0.873 bits per heavy atom. The normalized spacial score (nSPS) is 11.6. The van der Waals surface area contributed by atoms with Crippen molar-refractivity contribution in [3.63, 3.8) is 0 Å². The molecule has 0 unspecified atom stereocenters. The molecule has 4 heteroatoms. The van der Waals surface area contributed by atoms with E-state index in [4.69, 9.17) is 19.4 Å². The second-order valence-electron chi connectivity index (χ2n) is 13.9. The maximum absolute atomic E-state index is 6.78. The van der Waals surface area contributed by atoms with E-state index in [0.29, 0.717) is 17.5 Å². The van der Waals surface area contributed by atoms with Crippen LogP contribution in [0, 0.1) is 0 Å². The Kier molecular flexibility index (Phi) is 7.14. The van der Waals surface area contributed by atoms with E-state index in [1.54, 1.807) is 0 Å². The van der Waals surface area contributed by atoms with Crippen molar-refractivity contribution in [3.05, 3.63) is 188 Å². The van der Waals surface area contributed by atoms with Crippen molar-refractivity contribution in [2.45, 2.75) is 0 Å². The fourth-order valence-electron chi connectivity index (χ4n) is 8.21. The quantitative estimate of drug-likeness (QED) is 0.168. The summed E-state index contributed by atoms with van der Waals surface area (Å²) in [5.74, 6) is 1.82. The van der Waals surface area contributed by atoms with E-state index in [-0.39, 0.29) is 0 Å². The maximum atomic E-state index is 6.78. The van der Waals surface area contributed by atoms with E-state index in [1.165, 1.54) is 26.9 Å². The predicted octanol–water partition coefficient (Wildman–Crippen LogP) is 13.6. The van der Waals surface area contributed by atoms with Gasteiger partial charge in [0.2, 0.25) is 0 Å². The summed E-state index contributed by atoms with van der Waals surface area (Å²) >= 11 is 0. The van der Waals surface area contributed by atoms with Crippen molar-refractivity contribution in [2.24, 2.45) is 0 Å². The SMILES string of the molecule is c1ccc(-c2nc(-c3cccc4c3ccc3ccc5ccccc5c34)nc(-c3ccc(-c4ccccc4-c4ccccc4)c4oc5ccccc5c34)n2)cc1. The van der Waals surface area contributed by atoms with Crippen molar-refractivity contribution < 1.29 is 4.42 Å². The highest BCUT2D eigenvalue weighted by molar-refractivity contribution is 6.22. The molecule has 0 radical (unpaired) electrons. The van der Waals surface area contributed by atoms with Crippen molar-refractivity contribution in [1.29, 1.82) is 0 Å². The zero-order valence-electron chi connectivity index (χ0n) is 29.6. The van der Waals surface area contributed by atoms with Crippen LogP contribution in [0.3, 0.4) is 0 Å². The minimum Gasteiger partial charge on any atom is -0.455 e. The van der Waals surface area contributed by atoms with Gasteiger partial charge in [-0.1, -0.05) is 170 Å². The lowest BCUT2D eigenvalue weighted by Gasteiger charge is -2.14. The molecule has 0 atom stereocenters. The lowest BCUT2D eigenvalue weighted by atomic mass is 9.92. The molecule has 0 aliphatic heterocycles. The molecule has 0 saturated heterocycles. The zero-order chi connectivity index (χ0) is 36.3. The third-order valence-corrected chi connectivity index (χ3v) is 10.7. The van der Waals surface area contributed by atoms with Gasteiger partial charge in [0.05, 0.1) is 0 Å². The van der Waals surface area contributed by atoms with E-state index < -0.39 is 0 Å². The number of hydrogen-bond donors (Lipinski definition) is 0. The van der Waals surface area contributed by atoms with Crippen LogP contribution < -0.4 is 0 Å². The number of fused-ring (bicyclic) bond motifs is 8. The summed E-state index contributed by atoms with van der Waals surface area (Å²) < 4.78 is 6.78. The van der Waals surface area contributed by atoms with Gasteiger partial charge in [0.15, 0.2) is 17.5 Å². The highest BCUT2D eigenvalue weighted by Crippen LogP contribution is 2.44. The Morgan fingerprint density at radius 3 is 1.71 bits per heavy atom. The molecule has 0 amide bonds. The average Bonchev–Trinajstić information content (AvgIpc) is 3.66. The molecule has 2 aromatic heterocycles. The average molecular weight is 702 g/mol. The number of benzene rings is 9. The Labute approximate surface area is 317 Å². The molecular weight excluding hydrogens is 671 g/mol. The molecule has 0 bridgehead atoms. The molecule has 4 nitrogen and oxygen atoms in total. The molecule has 55 heavy (non-hydrogen) atoms. The summed E-state index contributed by atoms with van der Waals surface area (Å²) in [6, 6.07) is 65.6. The predicted molar refractivity (Wildman–Crippen MR) is 227 cm³/mol. The van der Waals surface area contributed by atoms with Crippen molar-refractivity contribution >= 4 is 54.3 Å². The third-order valence-electron chi connectivity index (χ3n) is 10.7. The van der Waals surface area contributed by atoms with E-state index in [1.807, 2.05) is 36.4 Å². The molecule has 0 aliphatic rings. The van der Waals surface area contributed by atoms with Crippen LogP contribution in [0.25, 0.3) is 111 Å². The van der Waals surface area contributed by atoms with Crippen LogP contribution in [0.1, 0.15) is 0 Å². The summed E-state index contributed by atoms with van der Waals surface area (Å²) in [6.45, 7) is 0. The van der Waals surface area contributed by atoms with E-state index in [0.717, 1.165) is 66.3 Å². The molecule has 9 aromatic carbocycles. The lowest BCUT2D eigenvalue weighted by Crippen LogP contribution is -2.01. The van der Waals surface area contributed by atoms with Gasteiger partial charge in [0, 0.05) is 33.0 Å². The fourth-order valence-corrected chi connectivity index (χ4v) is 8.21. The molecule has 11 aromatic rings. The van der Waals surface area contributed by atoms with Crippen LogP contribution in [0.5, 0.6) is 0 Å². The number of furan rings is 1. The second-order valence-corrected chi connectivity index (χ2v) is 13.9.